The Hall–Kier alpha value is -1.51. The first kappa shape index (κ1) is 6.22. The Kier molecular flexibility index (Phi) is 1.12. The third-order valence-corrected chi connectivity index (χ3v) is 1.61. The van der Waals surface area contributed by atoms with Crippen molar-refractivity contribution < 1.29 is 0 Å². The van der Waals surface area contributed by atoms with Gasteiger partial charge in [0.1, 0.15) is 5.65 Å². The van der Waals surface area contributed by atoms with Crippen LogP contribution < -0.4 is 5.43 Å². The van der Waals surface area contributed by atoms with Crippen LogP contribution in [0.1, 0.15) is 5.69 Å². The highest BCUT2D eigenvalue weighted by molar-refractivity contribution is 5.38. The molecule has 0 aromatic carbocycles. The Balaban J connectivity index is 2.92. The second-order valence-electron chi connectivity index (χ2n) is 2.59. The van der Waals surface area contributed by atoms with Gasteiger partial charge < -0.3 is 9.38 Å². The quantitative estimate of drug-likeness (QED) is 0.593. The maximum absolute atomic E-state index is 10.9. The lowest BCUT2D eigenvalue weighted by molar-refractivity contribution is 1.17. The van der Waals surface area contributed by atoms with E-state index in [1.807, 2.05) is 17.5 Å². The molecule has 0 bridgehead atoms. The van der Waals surface area contributed by atoms with Crippen LogP contribution in [0.4, 0.5) is 0 Å². The summed E-state index contributed by atoms with van der Waals surface area (Å²) in [5, 5.41) is 0. The number of pyridine rings is 1. The SMILES string of the molecule is Cc1cn2ccc(=O)cc2[nH]1. The van der Waals surface area contributed by atoms with E-state index >= 15 is 0 Å². The van der Waals surface area contributed by atoms with E-state index in [-0.39, 0.29) is 5.43 Å². The predicted octanol–water partition coefficient (Wildman–Crippen LogP) is 0.936. The summed E-state index contributed by atoms with van der Waals surface area (Å²) in [6.45, 7) is 1.96. The summed E-state index contributed by atoms with van der Waals surface area (Å²) in [4.78, 5) is 13.9. The number of hydrogen-bond acceptors (Lipinski definition) is 1. The van der Waals surface area contributed by atoms with Crippen molar-refractivity contribution in [3.05, 3.63) is 40.4 Å². The van der Waals surface area contributed by atoms with Crippen molar-refractivity contribution in [2.24, 2.45) is 0 Å². The maximum atomic E-state index is 10.9. The molecular weight excluding hydrogens is 140 g/mol. The third-order valence-electron chi connectivity index (χ3n) is 1.61. The Morgan fingerprint density at radius 2 is 2.36 bits per heavy atom. The fraction of sp³-hybridized carbons (Fsp3) is 0.125. The van der Waals surface area contributed by atoms with E-state index in [0.29, 0.717) is 0 Å². The molecule has 56 valence electrons. The molecule has 0 aliphatic heterocycles. The van der Waals surface area contributed by atoms with Crippen molar-refractivity contribution in [2.75, 3.05) is 0 Å². The van der Waals surface area contributed by atoms with Crippen molar-refractivity contribution >= 4 is 5.65 Å². The molecule has 0 aliphatic rings. The van der Waals surface area contributed by atoms with Gasteiger partial charge in [0.2, 0.25) is 0 Å². The van der Waals surface area contributed by atoms with E-state index in [1.54, 1.807) is 18.3 Å². The Morgan fingerprint density at radius 3 is 3.18 bits per heavy atom. The topological polar surface area (TPSA) is 37.3 Å². The largest absolute Gasteiger partial charge is 0.344 e. The number of aromatic nitrogens is 2. The Labute approximate surface area is 63.3 Å². The molecule has 2 aromatic rings. The van der Waals surface area contributed by atoms with E-state index < -0.39 is 0 Å². The fourth-order valence-corrected chi connectivity index (χ4v) is 1.15. The van der Waals surface area contributed by atoms with E-state index in [0.717, 1.165) is 11.3 Å². The lowest BCUT2D eigenvalue weighted by Crippen LogP contribution is -1.97. The van der Waals surface area contributed by atoms with Crippen LogP contribution in [0.5, 0.6) is 0 Å². The van der Waals surface area contributed by atoms with Crippen LogP contribution in [-0.2, 0) is 0 Å². The monoisotopic (exact) mass is 148 g/mol. The number of aryl methyl sites for hydroxylation is 1. The van der Waals surface area contributed by atoms with Crippen LogP contribution >= 0.6 is 0 Å². The predicted molar refractivity (Wildman–Crippen MR) is 42.8 cm³/mol. The van der Waals surface area contributed by atoms with Gasteiger partial charge in [0.15, 0.2) is 5.43 Å². The number of fused-ring (bicyclic) bond motifs is 1. The average molecular weight is 148 g/mol. The van der Waals surface area contributed by atoms with Gasteiger partial charge in [-0.3, -0.25) is 4.79 Å². The third kappa shape index (κ3) is 0.941. The van der Waals surface area contributed by atoms with Crippen molar-refractivity contribution in [2.45, 2.75) is 6.92 Å². The zero-order chi connectivity index (χ0) is 7.84. The highest BCUT2D eigenvalue weighted by atomic mass is 16.1. The highest BCUT2D eigenvalue weighted by Crippen LogP contribution is 1.99. The van der Waals surface area contributed by atoms with Gasteiger partial charge in [-0.1, -0.05) is 0 Å². The van der Waals surface area contributed by atoms with Gasteiger partial charge in [-0.25, -0.2) is 0 Å². The van der Waals surface area contributed by atoms with Gasteiger partial charge in [0.25, 0.3) is 0 Å². The van der Waals surface area contributed by atoms with Crippen molar-refractivity contribution in [1.82, 2.24) is 9.38 Å². The van der Waals surface area contributed by atoms with Gasteiger partial charge in [-0.15, -0.1) is 0 Å². The Morgan fingerprint density at radius 1 is 1.55 bits per heavy atom. The number of aromatic amines is 1. The number of rotatable bonds is 0. The van der Waals surface area contributed by atoms with Gasteiger partial charge >= 0.3 is 0 Å². The lowest BCUT2D eigenvalue weighted by atomic mass is 10.5. The second kappa shape index (κ2) is 1.99. The summed E-state index contributed by atoms with van der Waals surface area (Å²) in [5.74, 6) is 0. The molecule has 3 nitrogen and oxygen atoms in total. The number of hydrogen-bond donors (Lipinski definition) is 1. The second-order valence-corrected chi connectivity index (χ2v) is 2.59. The van der Waals surface area contributed by atoms with E-state index in [1.165, 1.54) is 0 Å². The molecular formula is C8H8N2O. The van der Waals surface area contributed by atoms with Crippen molar-refractivity contribution in [1.29, 1.82) is 0 Å². The minimum Gasteiger partial charge on any atom is -0.344 e. The fourth-order valence-electron chi connectivity index (χ4n) is 1.15. The molecule has 0 aliphatic carbocycles. The summed E-state index contributed by atoms with van der Waals surface area (Å²) >= 11 is 0. The van der Waals surface area contributed by atoms with E-state index in [9.17, 15) is 4.79 Å². The van der Waals surface area contributed by atoms with E-state index in [4.69, 9.17) is 0 Å². The molecule has 0 amide bonds. The number of H-pyrrole nitrogens is 1. The summed E-state index contributed by atoms with van der Waals surface area (Å²) in [6, 6.07) is 3.12. The zero-order valence-corrected chi connectivity index (χ0v) is 6.16. The standard InChI is InChI=1S/C8H8N2O/c1-6-5-10-3-2-7(11)4-8(10)9-6/h2-5,9H,1H3. The van der Waals surface area contributed by atoms with Crippen LogP contribution in [-0.4, -0.2) is 9.38 Å². The average Bonchev–Trinajstić information content (AvgIpc) is 2.27. The van der Waals surface area contributed by atoms with Crippen LogP contribution in [0, 0.1) is 6.92 Å². The maximum Gasteiger partial charge on any atom is 0.183 e. The molecule has 2 rings (SSSR count). The van der Waals surface area contributed by atoms with Gasteiger partial charge in [-0.2, -0.15) is 0 Å². The van der Waals surface area contributed by atoms with Crippen LogP contribution in [0.2, 0.25) is 0 Å². The molecule has 0 radical (unpaired) electrons. The highest BCUT2D eigenvalue weighted by Gasteiger charge is 1.93. The smallest absolute Gasteiger partial charge is 0.183 e. The molecule has 3 heteroatoms. The lowest BCUT2D eigenvalue weighted by Gasteiger charge is -1.87. The molecule has 0 atom stereocenters. The van der Waals surface area contributed by atoms with Gasteiger partial charge in [0, 0.05) is 30.2 Å². The summed E-state index contributed by atoms with van der Waals surface area (Å²) in [5.41, 5.74) is 1.93. The van der Waals surface area contributed by atoms with E-state index in [2.05, 4.69) is 4.98 Å². The first-order valence-electron chi connectivity index (χ1n) is 3.43. The first-order valence-corrected chi connectivity index (χ1v) is 3.43. The number of nitrogens with zero attached hydrogens (tertiary/aromatic N) is 1. The molecule has 0 saturated heterocycles. The minimum atomic E-state index is 0.0341. The van der Waals surface area contributed by atoms with Crippen LogP contribution in [0.15, 0.2) is 29.3 Å². The molecule has 0 fully saturated rings. The molecule has 0 spiro atoms. The molecule has 2 aromatic heterocycles. The van der Waals surface area contributed by atoms with Gasteiger partial charge in [0.05, 0.1) is 0 Å². The normalized spacial score (nSPS) is 10.6. The first-order chi connectivity index (χ1) is 5.25. The molecule has 0 saturated carbocycles. The number of nitrogens with one attached hydrogen (secondary N) is 1. The van der Waals surface area contributed by atoms with Crippen LogP contribution in [0.25, 0.3) is 5.65 Å². The number of imidazole rings is 1. The van der Waals surface area contributed by atoms with Crippen LogP contribution in [0.3, 0.4) is 0 Å². The summed E-state index contributed by atoms with van der Waals surface area (Å²) < 4.78 is 1.89. The van der Waals surface area contributed by atoms with Crippen molar-refractivity contribution in [3.8, 4) is 0 Å². The summed E-state index contributed by atoms with van der Waals surface area (Å²) in [6.07, 6.45) is 3.69. The van der Waals surface area contributed by atoms with Crippen molar-refractivity contribution in [3.63, 3.8) is 0 Å². The molecule has 1 N–H and O–H groups in total. The zero-order valence-electron chi connectivity index (χ0n) is 6.16. The minimum absolute atomic E-state index is 0.0341. The molecule has 11 heavy (non-hydrogen) atoms. The molecule has 2 heterocycles. The summed E-state index contributed by atoms with van der Waals surface area (Å²) in [7, 11) is 0. The molecule has 0 unspecified atom stereocenters. The Bertz CT molecular complexity index is 439. The van der Waals surface area contributed by atoms with Gasteiger partial charge in [-0.05, 0) is 6.92 Å².